The van der Waals surface area contributed by atoms with Gasteiger partial charge >= 0.3 is 11.8 Å². The number of carbonyl (C=O) groups excluding carboxylic acids is 3. The lowest BCUT2D eigenvalue weighted by Crippen LogP contribution is -2.32. The fourth-order valence-corrected chi connectivity index (χ4v) is 2.81. The van der Waals surface area contributed by atoms with Crippen molar-refractivity contribution in [3.8, 4) is 17.2 Å². The number of amides is 3. The molecule has 3 aromatic rings. The molecular weight excluding hydrogens is 452 g/mol. The van der Waals surface area contributed by atoms with Crippen LogP contribution in [0.3, 0.4) is 0 Å². The zero-order chi connectivity index (χ0) is 25.0. The van der Waals surface area contributed by atoms with Gasteiger partial charge in [0.25, 0.3) is 5.91 Å². The van der Waals surface area contributed by atoms with Crippen molar-refractivity contribution in [3.63, 3.8) is 0 Å². The van der Waals surface area contributed by atoms with E-state index in [4.69, 9.17) is 14.2 Å². The molecule has 10 nitrogen and oxygen atoms in total. The molecule has 3 N–H and O–H groups in total. The molecular formula is C25H24N4O6. The van der Waals surface area contributed by atoms with E-state index in [-0.39, 0.29) is 12.5 Å². The Kier molecular flexibility index (Phi) is 8.78. The highest BCUT2D eigenvalue weighted by atomic mass is 16.5. The van der Waals surface area contributed by atoms with Gasteiger partial charge in [-0.2, -0.15) is 5.10 Å². The number of para-hydroxylation sites is 2. The first-order valence-electron chi connectivity index (χ1n) is 10.4. The normalized spacial score (nSPS) is 10.3. The Bertz CT molecular complexity index is 1190. The lowest BCUT2D eigenvalue weighted by Gasteiger charge is -2.10. The van der Waals surface area contributed by atoms with Crippen LogP contribution in [0.15, 0.2) is 77.9 Å². The summed E-state index contributed by atoms with van der Waals surface area (Å²) in [6.07, 6.45) is 1.37. The molecule has 0 heterocycles. The highest BCUT2D eigenvalue weighted by Crippen LogP contribution is 2.23. The maximum absolute atomic E-state index is 12.1. The summed E-state index contributed by atoms with van der Waals surface area (Å²) in [7, 11) is 3.05. The second kappa shape index (κ2) is 12.4. The third kappa shape index (κ3) is 7.60. The third-order valence-corrected chi connectivity index (χ3v) is 4.56. The zero-order valence-corrected chi connectivity index (χ0v) is 19.1. The van der Waals surface area contributed by atoms with Gasteiger partial charge in [0.1, 0.15) is 17.2 Å². The van der Waals surface area contributed by atoms with Gasteiger partial charge in [-0.3, -0.25) is 14.4 Å². The molecule has 180 valence electrons. The van der Waals surface area contributed by atoms with Gasteiger partial charge in [-0.15, -0.1) is 0 Å². The molecule has 0 radical (unpaired) electrons. The predicted molar refractivity (Wildman–Crippen MR) is 131 cm³/mol. The Labute approximate surface area is 201 Å². The standard InChI is InChI=1S/C25H24N4O6/c1-33-19-13-9-18(10-14-19)27-24(31)25(32)29-26-15-17-7-11-20(12-8-17)35-16-23(30)28-21-5-3-4-6-22(21)34-2/h3-15H,16H2,1-2H3,(H,27,31)(H,28,30)(H,29,32)/b26-15-. The Morgan fingerprint density at radius 2 is 1.49 bits per heavy atom. The first-order valence-corrected chi connectivity index (χ1v) is 10.4. The van der Waals surface area contributed by atoms with Crippen molar-refractivity contribution in [3.05, 3.63) is 78.4 Å². The quantitative estimate of drug-likeness (QED) is 0.248. The first-order chi connectivity index (χ1) is 17.0. The summed E-state index contributed by atoms with van der Waals surface area (Å²) in [6.45, 7) is -0.190. The number of anilines is 2. The minimum absolute atomic E-state index is 0.190. The van der Waals surface area contributed by atoms with Crippen LogP contribution in [0.25, 0.3) is 0 Å². The van der Waals surface area contributed by atoms with Gasteiger partial charge in [-0.25, -0.2) is 5.43 Å². The number of carbonyl (C=O) groups is 3. The van der Waals surface area contributed by atoms with Gasteiger partial charge in [-0.05, 0) is 66.2 Å². The molecule has 0 atom stereocenters. The fourth-order valence-electron chi connectivity index (χ4n) is 2.81. The number of benzene rings is 3. The SMILES string of the molecule is COc1ccc(NC(=O)C(=O)N/N=C\c2ccc(OCC(=O)Nc3ccccc3OC)cc2)cc1. The summed E-state index contributed by atoms with van der Waals surface area (Å²) in [5.41, 5.74) is 3.80. The lowest BCUT2D eigenvalue weighted by molar-refractivity contribution is -0.136. The van der Waals surface area contributed by atoms with E-state index in [0.717, 1.165) is 0 Å². The monoisotopic (exact) mass is 476 g/mol. The molecule has 3 aromatic carbocycles. The highest BCUT2D eigenvalue weighted by molar-refractivity contribution is 6.39. The molecule has 0 aromatic heterocycles. The molecule has 3 rings (SSSR count). The Balaban J connectivity index is 1.43. The molecule has 10 heteroatoms. The fraction of sp³-hybridized carbons (Fsp3) is 0.120. The van der Waals surface area contributed by atoms with Gasteiger partial charge in [-0.1, -0.05) is 12.1 Å². The van der Waals surface area contributed by atoms with E-state index in [1.807, 2.05) is 0 Å². The first kappa shape index (κ1) is 24.8. The van der Waals surface area contributed by atoms with E-state index in [0.29, 0.717) is 34.2 Å². The van der Waals surface area contributed by atoms with Crippen molar-refractivity contribution < 1.29 is 28.6 Å². The van der Waals surface area contributed by atoms with E-state index in [2.05, 4.69) is 21.2 Å². The zero-order valence-electron chi connectivity index (χ0n) is 19.1. The maximum Gasteiger partial charge on any atom is 0.329 e. The number of hydrazone groups is 1. The summed E-state index contributed by atoms with van der Waals surface area (Å²) in [4.78, 5) is 36.0. The Morgan fingerprint density at radius 3 is 2.17 bits per heavy atom. The van der Waals surface area contributed by atoms with Crippen LogP contribution < -0.4 is 30.3 Å². The summed E-state index contributed by atoms with van der Waals surface area (Å²) in [6, 6.07) is 20.3. The van der Waals surface area contributed by atoms with Crippen LogP contribution in [-0.4, -0.2) is 44.8 Å². The van der Waals surface area contributed by atoms with Crippen molar-refractivity contribution >= 4 is 35.3 Å². The van der Waals surface area contributed by atoms with E-state index < -0.39 is 11.8 Å². The minimum Gasteiger partial charge on any atom is -0.497 e. The lowest BCUT2D eigenvalue weighted by atomic mass is 10.2. The largest absolute Gasteiger partial charge is 0.497 e. The Morgan fingerprint density at radius 1 is 0.800 bits per heavy atom. The van der Waals surface area contributed by atoms with Gasteiger partial charge < -0.3 is 24.8 Å². The number of rotatable bonds is 9. The van der Waals surface area contributed by atoms with Gasteiger partial charge in [0.05, 0.1) is 26.1 Å². The number of ether oxygens (including phenoxy) is 3. The summed E-state index contributed by atoms with van der Waals surface area (Å²) >= 11 is 0. The van der Waals surface area contributed by atoms with Crippen LogP contribution in [0.5, 0.6) is 17.2 Å². The molecule has 0 unspecified atom stereocenters. The van der Waals surface area contributed by atoms with E-state index in [1.165, 1.54) is 20.4 Å². The van der Waals surface area contributed by atoms with Crippen molar-refractivity contribution in [2.45, 2.75) is 0 Å². The smallest absolute Gasteiger partial charge is 0.329 e. The molecule has 0 spiro atoms. The Hall–Kier alpha value is -4.86. The average Bonchev–Trinajstić information content (AvgIpc) is 2.89. The van der Waals surface area contributed by atoms with Crippen LogP contribution in [0, 0.1) is 0 Å². The van der Waals surface area contributed by atoms with Crippen LogP contribution in [-0.2, 0) is 14.4 Å². The van der Waals surface area contributed by atoms with Crippen molar-refractivity contribution in [1.82, 2.24) is 5.43 Å². The van der Waals surface area contributed by atoms with Crippen LogP contribution >= 0.6 is 0 Å². The van der Waals surface area contributed by atoms with Crippen LogP contribution in [0.1, 0.15) is 5.56 Å². The molecule has 0 saturated heterocycles. The highest BCUT2D eigenvalue weighted by Gasteiger charge is 2.13. The number of hydrogen-bond acceptors (Lipinski definition) is 7. The molecule has 0 aliphatic rings. The summed E-state index contributed by atoms with van der Waals surface area (Å²) < 4.78 is 15.7. The molecule has 0 aliphatic heterocycles. The van der Waals surface area contributed by atoms with Crippen molar-refractivity contribution in [2.24, 2.45) is 5.10 Å². The number of nitrogens with zero attached hydrogens (tertiary/aromatic N) is 1. The second-order valence-electron chi connectivity index (χ2n) is 6.99. The third-order valence-electron chi connectivity index (χ3n) is 4.56. The molecule has 35 heavy (non-hydrogen) atoms. The molecule has 0 saturated carbocycles. The number of methoxy groups -OCH3 is 2. The summed E-state index contributed by atoms with van der Waals surface area (Å²) in [5.74, 6) is -0.462. The number of nitrogens with one attached hydrogen (secondary N) is 3. The molecule has 0 fully saturated rings. The second-order valence-corrected chi connectivity index (χ2v) is 6.99. The summed E-state index contributed by atoms with van der Waals surface area (Å²) in [5, 5.41) is 8.96. The molecule has 0 aliphatic carbocycles. The molecule has 0 bridgehead atoms. The van der Waals surface area contributed by atoms with Crippen molar-refractivity contribution in [1.29, 1.82) is 0 Å². The molecule has 3 amide bonds. The van der Waals surface area contributed by atoms with Crippen LogP contribution in [0.4, 0.5) is 11.4 Å². The van der Waals surface area contributed by atoms with E-state index >= 15 is 0 Å². The van der Waals surface area contributed by atoms with Crippen molar-refractivity contribution in [2.75, 3.05) is 31.5 Å². The average molecular weight is 476 g/mol. The maximum atomic E-state index is 12.1. The number of hydrogen-bond donors (Lipinski definition) is 3. The van der Waals surface area contributed by atoms with Gasteiger partial charge in [0.15, 0.2) is 6.61 Å². The van der Waals surface area contributed by atoms with Crippen LogP contribution in [0.2, 0.25) is 0 Å². The minimum atomic E-state index is -0.918. The predicted octanol–water partition coefficient (Wildman–Crippen LogP) is 2.81. The van der Waals surface area contributed by atoms with E-state index in [9.17, 15) is 14.4 Å². The van der Waals surface area contributed by atoms with E-state index in [1.54, 1.807) is 72.8 Å². The van der Waals surface area contributed by atoms with Gasteiger partial charge in [0.2, 0.25) is 0 Å². The topological polar surface area (TPSA) is 127 Å². The van der Waals surface area contributed by atoms with Gasteiger partial charge in [0, 0.05) is 5.69 Å².